The Kier molecular flexibility index (Phi) is 21.5. The molecular formula is C14H22O5S7. The van der Waals surface area contributed by atoms with E-state index in [9.17, 15) is 13.8 Å². The minimum Gasteiger partial charge on any atom is -0.306 e. The number of carbonyl (C=O) groups excluding carboxylic acids is 2. The summed E-state index contributed by atoms with van der Waals surface area (Å²) in [6.07, 6.45) is 0. The maximum absolute atomic E-state index is 11.8. The van der Waals surface area contributed by atoms with Crippen LogP contribution >= 0.6 is 71.1 Å². The highest BCUT2D eigenvalue weighted by atomic mass is 32.2. The van der Waals surface area contributed by atoms with Gasteiger partial charge < -0.3 is 8.37 Å². The van der Waals surface area contributed by atoms with Crippen molar-refractivity contribution in [3.8, 4) is 0 Å². The van der Waals surface area contributed by atoms with Gasteiger partial charge in [-0.05, 0) is 10.8 Å². The van der Waals surface area contributed by atoms with Gasteiger partial charge in [0.2, 0.25) is 0 Å². The zero-order valence-electron chi connectivity index (χ0n) is 14.1. The van der Waals surface area contributed by atoms with Crippen LogP contribution in [0.1, 0.15) is 0 Å². The van der Waals surface area contributed by atoms with E-state index >= 15 is 0 Å². The molecule has 0 aromatic heterocycles. The SMILES string of the molecule is C=CSCCOSC(=O)SCCS(=O)CCSC(=O)SOCCSC=C. The molecule has 0 unspecified atom stereocenters. The zero-order chi connectivity index (χ0) is 19.5. The van der Waals surface area contributed by atoms with Crippen molar-refractivity contribution < 1.29 is 22.2 Å². The summed E-state index contributed by atoms with van der Waals surface area (Å²) in [7, 11) is -1.05. The molecule has 0 heterocycles. The van der Waals surface area contributed by atoms with E-state index in [2.05, 4.69) is 13.2 Å². The van der Waals surface area contributed by atoms with Gasteiger partial charge in [0.15, 0.2) is 0 Å². The molecular weight excluding hydrogens is 473 g/mol. The van der Waals surface area contributed by atoms with Gasteiger partial charge in [0.25, 0.3) is 8.89 Å². The van der Waals surface area contributed by atoms with Crippen molar-refractivity contribution in [2.24, 2.45) is 0 Å². The molecule has 5 nitrogen and oxygen atoms in total. The number of thioether (sulfide) groups is 4. The molecule has 0 bridgehead atoms. The molecule has 12 heteroatoms. The third kappa shape index (κ3) is 19.7. The van der Waals surface area contributed by atoms with Gasteiger partial charge in [-0.25, -0.2) is 0 Å². The predicted octanol–water partition coefficient (Wildman–Crippen LogP) is 5.52. The lowest BCUT2D eigenvalue weighted by Gasteiger charge is -2.03. The monoisotopic (exact) mass is 494 g/mol. The average molecular weight is 495 g/mol. The van der Waals surface area contributed by atoms with Crippen LogP contribution in [0, 0.1) is 0 Å². The van der Waals surface area contributed by atoms with Gasteiger partial charge in [0, 0.05) is 45.3 Å². The summed E-state index contributed by atoms with van der Waals surface area (Å²) in [5.74, 6) is 3.29. The van der Waals surface area contributed by atoms with Crippen LogP contribution in [0.3, 0.4) is 0 Å². The van der Waals surface area contributed by atoms with Gasteiger partial charge in [-0.15, -0.1) is 23.5 Å². The second kappa shape index (κ2) is 20.7. The van der Waals surface area contributed by atoms with Crippen LogP contribution in [-0.2, 0) is 19.2 Å². The fourth-order valence-electron chi connectivity index (χ4n) is 1.10. The third-order valence-electron chi connectivity index (χ3n) is 2.12. The van der Waals surface area contributed by atoms with Crippen molar-refractivity contribution >= 4 is 90.8 Å². The number of hydrogen-bond acceptors (Lipinski definition) is 11. The molecule has 150 valence electrons. The van der Waals surface area contributed by atoms with Crippen LogP contribution in [0.2, 0.25) is 0 Å². The van der Waals surface area contributed by atoms with Crippen LogP contribution in [0.4, 0.5) is 9.59 Å². The molecule has 0 fully saturated rings. The summed E-state index contributed by atoms with van der Waals surface area (Å²) in [6.45, 7) is 8.09. The van der Waals surface area contributed by atoms with E-state index < -0.39 is 10.8 Å². The minimum absolute atomic E-state index is 0.140. The third-order valence-corrected chi connectivity index (χ3v) is 8.48. The van der Waals surface area contributed by atoms with E-state index in [0.717, 1.165) is 59.1 Å². The molecule has 0 atom stereocenters. The Hall–Kier alpha value is 0.990. The summed E-state index contributed by atoms with van der Waals surface area (Å²) in [6, 6.07) is 0. The normalized spacial score (nSPS) is 10.8. The van der Waals surface area contributed by atoms with E-state index in [4.69, 9.17) is 8.37 Å². The first kappa shape index (κ1) is 27.0. The fraction of sp³-hybridized carbons (Fsp3) is 0.571. The van der Waals surface area contributed by atoms with E-state index in [0.29, 0.717) is 36.2 Å². The van der Waals surface area contributed by atoms with Gasteiger partial charge in [-0.1, -0.05) is 36.7 Å². The number of carbonyl (C=O) groups is 2. The Morgan fingerprint density at radius 2 is 1.23 bits per heavy atom. The Bertz CT molecular complexity index is 409. The molecule has 0 aliphatic rings. The molecule has 0 saturated carbocycles. The first-order valence-corrected chi connectivity index (χ1v) is 14.4. The van der Waals surface area contributed by atoms with Gasteiger partial charge in [-0.2, -0.15) is 0 Å². The number of hydrogen-bond donors (Lipinski definition) is 0. The topological polar surface area (TPSA) is 69.7 Å². The Morgan fingerprint density at radius 1 is 0.808 bits per heavy atom. The second-order valence-electron chi connectivity index (χ2n) is 3.93. The highest BCUT2D eigenvalue weighted by Crippen LogP contribution is 2.20. The molecule has 0 rings (SSSR count). The van der Waals surface area contributed by atoms with Gasteiger partial charge in [0.05, 0.1) is 37.3 Å². The number of rotatable bonds is 16. The van der Waals surface area contributed by atoms with E-state index in [1.807, 2.05) is 0 Å². The molecule has 0 amide bonds. The van der Waals surface area contributed by atoms with Crippen LogP contribution < -0.4 is 0 Å². The van der Waals surface area contributed by atoms with E-state index in [-0.39, 0.29) is 8.89 Å². The zero-order valence-corrected chi connectivity index (χ0v) is 19.8. The van der Waals surface area contributed by atoms with Gasteiger partial charge in [0.1, 0.15) is 0 Å². The smallest absolute Gasteiger partial charge is 0.272 e. The van der Waals surface area contributed by atoms with Crippen LogP contribution in [0.15, 0.2) is 24.0 Å². The molecule has 0 radical (unpaired) electrons. The molecule has 26 heavy (non-hydrogen) atoms. The first-order chi connectivity index (χ1) is 12.6. The van der Waals surface area contributed by atoms with E-state index in [1.54, 1.807) is 10.8 Å². The molecule has 0 aliphatic carbocycles. The maximum atomic E-state index is 11.8. The van der Waals surface area contributed by atoms with Gasteiger partial charge in [-0.3, -0.25) is 13.8 Å². The average Bonchev–Trinajstić information content (AvgIpc) is 2.61. The summed E-state index contributed by atoms with van der Waals surface area (Å²) in [5.41, 5.74) is 0. The quantitative estimate of drug-likeness (QED) is 0.201. The summed E-state index contributed by atoms with van der Waals surface area (Å²) in [5, 5.41) is 3.45. The highest BCUT2D eigenvalue weighted by Gasteiger charge is 2.09. The standard InChI is InChI=1S/C14H22O5S7/c1-3-20-7-5-18-24-13(15)22-9-11-26(17)12-10-23-14(16)25-19-6-8-21-4-2/h3-4H,1-2,5-12H2. The Morgan fingerprint density at radius 3 is 1.62 bits per heavy atom. The minimum atomic E-state index is -1.05. The lowest BCUT2D eigenvalue weighted by Crippen LogP contribution is -2.08. The summed E-state index contributed by atoms with van der Waals surface area (Å²) in [4.78, 5) is 23.1. The first-order valence-electron chi connectivity index (χ1n) is 7.32. The largest absolute Gasteiger partial charge is 0.306 e. The maximum Gasteiger partial charge on any atom is 0.272 e. The molecule has 0 aromatic carbocycles. The summed E-state index contributed by atoms with van der Waals surface area (Å²) < 4.78 is 21.8. The van der Waals surface area contributed by atoms with Gasteiger partial charge >= 0.3 is 0 Å². The van der Waals surface area contributed by atoms with Crippen LogP contribution in [0.25, 0.3) is 0 Å². The molecule has 0 saturated heterocycles. The predicted molar refractivity (Wildman–Crippen MR) is 126 cm³/mol. The Balaban J connectivity index is 3.50. The molecule has 0 spiro atoms. The molecule has 0 aromatic rings. The highest BCUT2D eigenvalue weighted by molar-refractivity contribution is 8.37. The van der Waals surface area contributed by atoms with Crippen LogP contribution in [0.5, 0.6) is 0 Å². The van der Waals surface area contributed by atoms with Crippen molar-refractivity contribution in [2.45, 2.75) is 0 Å². The van der Waals surface area contributed by atoms with Crippen molar-refractivity contribution in [2.75, 3.05) is 47.7 Å². The fourth-order valence-corrected chi connectivity index (χ4v) is 6.39. The Labute approximate surface area is 183 Å². The lowest BCUT2D eigenvalue weighted by molar-refractivity contribution is 0.273. The molecule has 0 N–H and O–H groups in total. The van der Waals surface area contributed by atoms with Crippen molar-refractivity contribution in [3.05, 3.63) is 24.0 Å². The van der Waals surface area contributed by atoms with Crippen molar-refractivity contribution in [3.63, 3.8) is 0 Å². The van der Waals surface area contributed by atoms with Crippen molar-refractivity contribution in [1.82, 2.24) is 0 Å². The summed E-state index contributed by atoms with van der Waals surface area (Å²) >= 11 is 6.88. The second-order valence-corrected chi connectivity index (χ2v) is 12.0. The van der Waals surface area contributed by atoms with E-state index in [1.165, 1.54) is 23.5 Å². The molecule has 0 aliphatic heterocycles. The lowest BCUT2D eigenvalue weighted by atomic mass is 10.9. The van der Waals surface area contributed by atoms with Crippen LogP contribution in [-0.4, -0.2) is 60.8 Å². The van der Waals surface area contributed by atoms with Crippen molar-refractivity contribution in [1.29, 1.82) is 0 Å².